The summed E-state index contributed by atoms with van der Waals surface area (Å²) in [7, 11) is 0. The number of aryl methyl sites for hydroxylation is 1. The molecule has 0 aromatic carbocycles. The normalized spacial score (nSPS) is 21.5. The summed E-state index contributed by atoms with van der Waals surface area (Å²) >= 11 is 0. The SMILES string of the molecule is Cc1noc(C2CCN(C(=N)N)C2)n1. The third-order valence-electron chi connectivity index (χ3n) is 2.42. The fraction of sp³-hybridized carbons (Fsp3) is 0.625. The fourth-order valence-corrected chi connectivity index (χ4v) is 1.66. The van der Waals surface area contributed by atoms with Crippen molar-refractivity contribution in [3.63, 3.8) is 0 Å². The van der Waals surface area contributed by atoms with E-state index in [-0.39, 0.29) is 11.9 Å². The number of rotatable bonds is 1. The quantitative estimate of drug-likeness (QED) is 0.488. The molecule has 1 unspecified atom stereocenters. The van der Waals surface area contributed by atoms with Gasteiger partial charge in [0.15, 0.2) is 11.8 Å². The Morgan fingerprint density at radius 3 is 3.00 bits per heavy atom. The summed E-state index contributed by atoms with van der Waals surface area (Å²) in [6, 6.07) is 0. The Kier molecular flexibility index (Phi) is 2.11. The minimum absolute atomic E-state index is 0.115. The van der Waals surface area contributed by atoms with Gasteiger partial charge in [0.05, 0.1) is 5.92 Å². The fourth-order valence-electron chi connectivity index (χ4n) is 1.66. The van der Waals surface area contributed by atoms with Crippen LogP contribution in [0, 0.1) is 12.3 Å². The molecule has 3 N–H and O–H groups in total. The molecule has 1 aliphatic rings. The van der Waals surface area contributed by atoms with E-state index in [0.29, 0.717) is 18.3 Å². The van der Waals surface area contributed by atoms with Crippen LogP contribution in [0.1, 0.15) is 24.1 Å². The molecule has 0 amide bonds. The van der Waals surface area contributed by atoms with Crippen LogP contribution in [0.5, 0.6) is 0 Å². The average Bonchev–Trinajstić information content (AvgIpc) is 2.70. The predicted octanol–water partition coefficient (Wildman–Crippen LogP) is 0.0608. The van der Waals surface area contributed by atoms with Crippen LogP contribution < -0.4 is 5.73 Å². The lowest BCUT2D eigenvalue weighted by Crippen LogP contribution is -2.34. The molecule has 0 bridgehead atoms. The molecule has 0 spiro atoms. The minimum atomic E-state index is 0.115. The summed E-state index contributed by atoms with van der Waals surface area (Å²) < 4.78 is 5.08. The molecule has 2 rings (SSSR count). The van der Waals surface area contributed by atoms with Gasteiger partial charge in [0.25, 0.3) is 0 Å². The van der Waals surface area contributed by atoms with Crippen molar-refractivity contribution >= 4 is 5.96 Å². The molecular weight excluding hydrogens is 182 g/mol. The van der Waals surface area contributed by atoms with Crippen LogP contribution in [0.15, 0.2) is 4.52 Å². The van der Waals surface area contributed by atoms with Gasteiger partial charge in [-0.1, -0.05) is 5.16 Å². The first-order valence-corrected chi connectivity index (χ1v) is 4.56. The second-order valence-corrected chi connectivity index (χ2v) is 3.50. The van der Waals surface area contributed by atoms with Gasteiger partial charge in [-0.25, -0.2) is 0 Å². The molecule has 1 aromatic heterocycles. The van der Waals surface area contributed by atoms with Crippen molar-refractivity contribution < 1.29 is 4.52 Å². The van der Waals surface area contributed by atoms with Crippen molar-refractivity contribution in [2.24, 2.45) is 5.73 Å². The molecule has 0 saturated carbocycles. The maximum Gasteiger partial charge on any atom is 0.231 e. The Morgan fingerprint density at radius 2 is 2.50 bits per heavy atom. The van der Waals surface area contributed by atoms with Crippen molar-refractivity contribution in [3.05, 3.63) is 11.7 Å². The van der Waals surface area contributed by atoms with Gasteiger partial charge in [-0.3, -0.25) is 5.41 Å². The first-order valence-electron chi connectivity index (χ1n) is 4.56. The van der Waals surface area contributed by atoms with Gasteiger partial charge in [0, 0.05) is 13.1 Å². The largest absolute Gasteiger partial charge is 0.370 e. The zero-order valence-corrected chi connectivity index (χ0v) is 8.03. The standard InChI is InChI=1S/C8H13N5O/c1-5-11-7(14-12-5)6-2-3-13(4-6)8(9)10/h6H,2-4H2,1H3,(H3,9,10). The lowest BCUT2D eigenvalue weighted by molar-refractivity contribution is 0.351. The second kappa shape index (κ2) is 3.28. The summed E-state index contributed by atoms with van der Waals surface area (Å²) in [5.41, 5.74) is 5.39. The van der Waals surface area contributed by atoms with Crippen LogP contribution in [0.2, 0.25) is 0 Å². The van der Waals surface area contributed by atoms with E-state index >= 15 is 0 Å². The third kappa shape index (κ3) is 1.55. The minimum Gasteiger partial charge on any atom is -0.370 e. The molecule has 1 atom stereocenters. The first kappa shape index (κ1) is 8.98. The molecule has 1 fully saturated rings. The summed E-state index contributed by atoms with van der Waals surface area (Å²) in [6.07, 6.45) is 0.918. The summed E-state index contributed by atoms with van der Waals surface area (Å²) in [5, 5.41) is 11.0. The van der Waals surface area contributed by atoms with Crippen LogP contribution >= 0.6 is 0 Å². The van der Waals surface area contributed by atoms with Crippen LogP contribution in [-0.2, 0) is 0 Å². The zero-order valence-electron chi connectivity index (χ0n) is 8.03. The molecule has 1 aromatic rings. The van der Waals surface area contributed by atoms with Crippen LogP contribution in [0.25, 0.3) is 0 Å². The Hall–Kier alpha value is -1.59. The number of nitrogens with two attached hydrogens (primary N) is 1. The van der Waals surface area contributed by atoms with Gasteiger partial charge in [0.2, 0.25) is 5.89 Å². The molecule has 6 nitrogen and oxygen atoms in total. The van der Waals surface area contributed by atoms with E-state index < -0.39 is 0 Å². The van der Waals surface area contributed by atoms with Gasteiger partial charge in [-0.2, -0.15) is 4.98 Å². The summed E-state index contributed by atoms with van der Waals surface area (Å²) in [5.74, 6) is 1.65. The number of nitrogens with zero attached hydrogens (tertiary/aromatic N) is 3. The van der Waals surface area contributed by atoms with E-state index in [4.69, 9.17) is 15.7 Å². The second-order valence-electron chi connectivity index (χ2n) is 3.50. The number of aromatic nitrogens is 2. The van der Waals surface area contributed by atoms with Crippen molar-refractivity contribution in [3.8, 4) is 0 Å². The van der Waals surface area contributed by atoms with E-state index in [0.717, 1.165) is 13.0 Å². The van der Waals surface area contributed by atoms with Gasteiger partial charge < -0.3 is 15.2 Å². The van der Waals surface area contributed by atoms with Crippen molar-refractivity contribution in [1.82, 2.24) is 15.0 Å². The molecule has 14 heavy (non-hydrogen) atoms. The van der Waals surface area contributed by atoms with E-state index in [9.17, 15) is 0 Å². The first-order chi connectivity index (χ1) is 6.66. The lowest BCUT2D eigenvalue weighted by Gasteiger charge is -2.14. The monoisotopic (exact) mass is 195 g/mol. The van der Waals surface area contributed by atoms with Crippen molar-refractivity contribution in [1.29, 1.82) is 5.41 Å². The van der Waals surface area contributed by atoms with Crippen LogP contribution in [-0.4, -0.2) is 34.1 Å². The number of hydrogen-bond acceptors (Lipinski definition) is 4. The lowest BCUT2D eigenvalue weighted by atomic mass is 10.1. The number of likely N-dealkylation sites (tertiary alicyclic amines) is 1. The van der Waals surface area contributed by atoms with Crippen LogP contribution in [0.3, 0.4) is 0 Å². The highest BCUT2D eigenvalue weighted by atomic mass is 16.5. The maximum absolute atomic E-state index is 7.29. The highest BCUT2D eigenvalue weighted by molar-refractivity contribution is 5.74. The number of guanidine groups is 1. The Labute approximate surface area is 81.6 Å². The molecule has 76 valence electrons. The molecule has 2 heterocycles. The smallest absolute Gasteiger partial charge is 0.231 e. The van der Waals surface area contributed by atoms with Gasteiger partial charge in [-0.15, -0.1) is 0 Å². The molecule has 0 aliphatic carbocycles. The molecular formula is C8H13N5O. The van der Waals surface area contributed by atoms with Crippen LogP contribution in [0.4, 0.5) is 0 Å². The van der Waals surface area contributed by atoms with E-state index in [2.05, 4.69) is 10.1 Å². The van der Waals surface area contributed by atoms with E-state index in [1.54, 1.807) is 6.92 Å². The van der Waals surface area contributed by atoms with Gasteiger partial charge in [0.1, 0.15) is 0 Å². The topological polar surface area (TPSA) is 92.0 Å². The highest BCUT2D eigenvalue weighted by Crippen LogP contribution is 2.25. The third-order valence-corrected chi connectivity index (χ3v) is 2.42. The zero-order chi connectivity index (χ0) is 10.1. The molecule has 1 aliphatic heterocycles. The van der Waals surface area contributed by atoms with Crippen molar-refractivity contribution in [2.45, 2.75) is 19.3 Å². The molecule has 0 radical (unpaired) electrons. The molecule has 1 saturated heterocycles. The predicted molar refractivity (Wildman–Crippen MR) is 49.9 cm³/mol. The highest BCUT2D eigenvalue weighted by Gasteiger charge is 2.28. The molecule has 6 heteroatoms. The Morgan fingerprint density at radius 1 is 1.71 bits per heavy atom. The van der Waals surface area contributed by atoms with Crippen molar-refractivity contribution in [2.75, 3.05) is 13.1 Å². The van der Waals surface area contributed by atoms with E-state index in [1.165, 1.54) is 0 Å². The van der Waals surface area contributed by atoms with E-state index in [1.807, 2.05) is 4.90 Å². The maximum atomic E-state index is 7.29. The van der Waals surface area contributed by atoms with Gasteiger partial charge >= 0.3 is 0 Å². The summed E-state index contributed by atoms with van der Waals surface area (Å²) in [4.78, 5) is 5.98. The average molecular weight is 195 g/mol. The summed E-state index contributed by atoms with van der Waals surface area (Å²) in [6.45, 7) is 3.29. The Balaban J connectivity index is 2.05. The van der Waals surface area contributed by atoms with Gasteiger partial charge in [-0.05, 0) is 13.3 Å². The number of hydrogen-bond donors (Lipinski definition) is 2. The Bertz CT molecular complexity index is 347. The number of nitrogens with one attached hydrogen (secondary N) is 1.